The summed E-state index contributed by atoms with van der Waals surface area (Å²) in [6, 6.07) is 3.00. The second kappa shape index (κ2) is 8.24. The number of amides is 2. The van der Waals surface area contributed by atoms with Crippen molar-refractivity contribution in [2.24, 2.45) is 18.9 Å². The molecule has 8 nitrogen and oxygen atoms in total. The van der Waals surface area contributed by atoms with Crippen LogP contribution in [-0.2, 0) is 28.4 Å². The number of aromatic nitrogens is 1. The predicted octanol–water partition coefficient (Wildman–Crippen LogP) is 1.67. The molecule has 0 aliphatic carbocycles. The van der Waals surface area contributed by atoms with E-state index in [-0.39, 0.29) is 17.7 Å². The highest BCUT2D eigenvalue weighted by atomic mass is 32.2. The van der Waals surface area contributed by atoms with Crippen molar-refractivity contribution in [2.45, 2.75) is 58.2 Å². The molecular formula is C22H34N4O4S. The number of hydrogen-bond acceptors (Lipinski definition) is 5. The van der Waals surface area contributed by atoms with Gasteiger partial charge in [-0.1, -0.05) is 20.3 Å². The van der Waals surface area contributed by atoms with Gasteiger partial charge in [0.15, 0.2) is 0 Å². The minimum atomic E-state index is -3.67. The topological polar surface area (TPSA) is 82.9 Å². The SMILES string of the molecule is CC(C)[C@@H]1C(=O)N(S(C)(=O)=O)[C@@H]2CCN(C(=O)c3ccc(CN4CCCCC4)n3C)[C@H]21. The van der Waals surface area contributed by atoms with E-state index in [0.717, 1.165) is 35.9 Å². The van der Waals surface area contributed by atoms with Crippen molar-refractivity contribution in [1.29, 1.82) is 0 Å². The second-order valence-electron chi connectivity index (χ2n) is 9.62. The van der Waals surface area contributed by atoms with Crippen LogP contribution < -0.4 is 0 Å². The van der Waals surface area contributed by atoms with Crippen molar-refractivity contribution in [3.8, 4) is 0 Å². The Morgan fingerprint density at radius 3 is 2.42 bits per heavy atom. The Bertz CT molecular complexity index is 964. The van der Waals surface area contributed by atoms with Crippen molar-refractivity contribution in [3.05, 3.63) is 23.5 Å². The lowest BCUT2D eigenvalue weighted by atomic mass is 9.88. The minimum Gasteiger partial charge on any atom is -0.342 e. The quantitative estimate of drug-likeness (QED) is 0.682. The molecule has 0 unspecified atom stereocenters. The Morgan fingerprint density at radius 1 is 1.13 bits per heavy atom. The van der Waals surface area contributed by atoms with Crippen LogP contribution >= 0.6 is 0 Å². The fraction of sp³-hybridized carbons (Fsp3) is 0.727. The molecule has 1 aromatic heterocycles. The lowest BCUT2D eigenvalue weighted by Gasteiger charge is -2.29. The molecule has 172 valence electrons. The number of hydrogen-bond donors (Lipinski definition) is 0. The van der Waals surface area contributed by atoms with Crippen molar-refractivity contribution >= 4 is 21.8 Å². The van der Waals surface area contributed by atoms with Gasteiger partial charge in [0, 0.05) is 25.8 Å². The summed E-state index contributed by atoms with van der Waals surface area (Å²) in [7, 11) is -1.75. The fourth-order valence-electron chi connectivity index (χ4n) is 5.69. The summed E-state index contributed by atoms with van der Waals surface area (Å²) >= 11 is 0. The van der Waals surface area contributed by atoms with Crippen LogP contribution in [0.3, 0.4) is 0 Å². The van der Waals surface area contributed by atoms with Crippen LogP contribution in [0, 0.1) is 11.8 Å². The molecule has 4 rings (SSSR count). The Kier molecular flexibility index (Phi) is 5.93. The van der Waals surface area contributed by atoms with E-state index in [1.807, 2.05) is 37.6 Å². The molecule has 3 saturated heterocycles. The molecule has 0 aromatic carbocycles. The van der Waals surface area contributed by atoms with Crippen molar-refractivity contribution in [2.75, 3.05) is 25.9 Å². The first-order chi connectivity index (χ1) is 14.6. The molecule has 0 spiro atoms. The van der Waals surface area contributed by atoms with E-state index in [1.54, 1.807) is 4.90 Å². The van der Waals surface area contributed by atoms with Gasteiger partial charge in [-0.3, -0.25) is 14.5 Å². The standard InChI is InChI=1S/C22H34N4O4S/c1-15(2)19-20-17(26(22(19)28)31(4,29)30)10-13-25(20)21(27)18-9-8-16(23(18)3)14-24-11-6-5-7-12-24/h8-9,15,17,19-20H,5-7,10-14H2,1-4H3/t17-,19+,20-/m1/s1. The van der Waals surface area contributed by atoms with E-state index >= 15 is 0 Å². The Labute approximate surface area is 185 Å². The van der Waals surface area contributed by atoms with E-state index in [1.165, 1.54) is 19.3 Å². The summed E-state index contributed by atoms with van der Waals surface area (Å²) in [6.45, 7) is 7.30. The molecule has 3 aliphatic rings. The molecule has 1 aromatic rings. The van der Waals surface area contributed by atoms with E-state index < -0.39 is 28.0 Å². The highest BCUT2D eigenvalue weighted by molar-refractivity contribution is 7.88. The van der Waals surface area contributed by atoms with Gasteiger partial charge >= 0.3 is 0 Å². The Balaban J connectivity index is 1.59. The summed E-state index contributed by atoms with van der Waals surface area (Å²) in [6.07, 6.45) is 5.29. The minimum absolute atomic E-state index is 0.0526. The van der Waals surface area contributed by atoms with Gasteiger partial charge in [0.05, 0.1) is 24.3 Å². The molecule has 2 amide bonds. The zero-order valence-corrected chi connectivity index (χ0v) is 19.8. The Morgan fingerprint density at radius 2 is 1.81 bits per heavy atom. The molecule has 4 heterocycles. The monoisotopic (exact) mass is 450 g/mol. The zero-order valence-electron chi connectivity index (χ0n) is 19.0. The normalized spacial score (nSPS) is 27.4. The van der Waals surface area contributed by atoms with Crippen LogP contribution in [0.5, 0.6) is 0 Å². The maximum atomic E-state index is 13.6. The molecule has 0 saturated carbocycles. The van der Waals surface area contributed by atoms with Gasteiger partial charge in [0.2, 0.25) is 15.9 Å². The number of piperidine rings is 1. The first kappa shape index (κ1) is 22.3. The maximum Gasteiger partial charge on any atom is 0.270 e. The lowest BCUT2D eigenvalue weighted by Crippen LogP contribution is -2.44. The van der Waals surface area contributed by atoms with Gasteiger partial charge in [0.1, 0.15) is 5.69 Å². The van der Waals surface area contributed by atoms with Crippen molar-refractivity contribution in [1.82, 2.24) is 18.7 Å². The molecule has 0 radical (unpaired) electrons. The van der Waals surface area contributed by atoms with E-state index in [9.17, 15) is 18.0 Å². The second-order valence-corrected chi connectivity index (χ2v) is 11.5. The van der Waals surface area contributed by atoms with E-state index in [0.29, 0.717) is 18.7 Å². The predicted molar refractivity (Wildman–Crippen MR) is 118 cm³/mol. The van der Waals surface area contributed by atoms with Crippen LogP contribution in [0.4, 0.5) is 0 Å². The van der Waals surface area contributed by atoms with Gasteiger partial charge in [-0.2, -0.15) is 0 Å². The van der Waals surface area contributed by atoms with E-state index in [4.69, 9.17) is 0 Å². The van der Waals surface area contributed by atoms with Gasteiger partial charge in [-0.25, -0.2) is 12.7 Å². The number of fused-ring (bicyclic) bond motifs is 1. The average molecular weight is 451 g/mol. The number of nitrogens with zero attached hydrogens (tertiary/aromatic N) is 4. The third kappa shape index (κ3) is 3.91. The molecule has 31 heavy (non-hydrogen) atoms. The third-order valence-corrected chi connectivity index (χ3v) is 8.37. The smallest absolute Gasteiger partial charge is 0.270 e. The summed E-state index contributed by atoms with van der Waals surface area (Å²) in [5, 5.41) is 0. The van der Waals surface area contributed by atoms with Crippen LogP contribution in [0.2, 0.25) is 0 Å². The average Bonchev–Trinajstić information content (AvgIpc) is 3.34. The highest BCUT2D eigenvalue weighted by Crippen LogP contribution is 2.41. The summed E-state index contributed by atoms with van der Waals surface area (Å²) in [5.74, 6) is -1.04. The van der Waals surface area contributed by atoms with Crippen LogP contribution in [-0.4, -0.2) is 76.9 Å². The van der Waals surface area contributed by atoms with Crippen LogP contribution in [0.15, 0.2) is 12.1 Å². The van der Waals surface area contributed by atoms with Crippen LogP contribution in [0.1, 0.15) is 55.7 Å². The van der Waals surface area contributed by atoms with Gasteiger partial charge in [-0.05, 0) is 50.4 Å². The maximum absolute atomic E-state index is 13.6. The Hall–Kier alpha value is -1.87. The molecule has 3 atom stereocenters. The first-order valence-corrected chi connectivity index (χ1v) is 13.2. The third-order valence-electron chi connectivity index (χ3n) is 7.21. The molecular weight excluding hydrogens is 416 g/mol. The molecule has 3 aliphatic heterocycles. The molecule has 9 heteroatoms. The number of likely N-dealkylation sites (tertiary alicyclic amines) is 2. The number of carbonyl (C=O) groups is 2. The number of rotatable bonds is 5. The number of carbonyl (C=O) groups excluding carboxylic acids is 2. The highest BCUT2D eigenvalue weighted by Gasteiger charge is 2.58. The van der Waals surface area contributed by atoms with Crippen molar-refractivity contribution < 1.29 is 18.0 Å². The largest absolute Gasteiger partial charge is 0.342 e. The summed E-state index contributed by atoms with van der Waals surface area (Å²) in [4.78, 5) is 30.7. The van der Waals surface area contributed by atoms with E-state index in [2.05, 4.69) is 4.90 Å². The van der Waals surface area contributed by atoms with Crippen LogP contribution in [0.25, 0.3) is 0 Å². The lowest BCUT2D eigenvalue weighted by molar-refractivity contribution is -0.129. The van der Waals surface area contributed by atoms with Gasteiger partial charge in [-0.15, -0.1) is 0 Å². The fourth-order valence-corrected chi connectivity index (χ4v) is 6.86. The molecule has 0 bridgehead atoms. The summed E-state index contributed by atoms with van der Waals surface area (Å²) < 4.78 is 27.7. The van der Waals surface area contributed by atoms with Gasteiger partial charge < -0.3 is 9.47 Å². The number of sulfonamides is 1. The zero-order chi connectivity index (χ0) is 22.5. The summed E-state index contributed by atoms with van der Waals surface area (Å²) in [5.41, 5.74) is 1.70. The molecule has 3 fully saturated rings. The molecule has 0 N–H and O–H groups in total. The first-order valence-electron chi connectivity index (χ1n) is 11.3. The van der Waals surface area contributed by atoms with Crippen molar-refractivity contribution in [3.63, 3.8) is 0 Å². The van der Waals surface area contributed by atoms with Gasteiger partial charge in [0.25, 0.3) is 5.91 Å².